The lowest BCUT2D eigenvalue weighted by Gasteiger charge is -2.34. The molecule has 3 rings (SSSR count). The van der Waals surface area contributed by atoms with Crippen molar-refractivity contribution in [3.05, 3.63) is 29.3 Å². The first kappa shape index (κ1) is 32.6. The third-order valence-corrected chi connectivity index (χ3v) is 7.92. The van der Waals surface area contributed by atoms with Gasteiger partial charge in [-0.05, 0) is 63.7 Å². The molecule has 1 aromatic carbocycles. The molecular formula is C27H33F6N5O2S. The van der Waals surface area contributed by atoms with Crippen LogP contribution >= 0.6 is 12.2 Å². The molecule has 0 aromatic heterocycles. The normalized spacial score (nSPS) is 18.3. The van der Waals surface area contributed by atoms with Crippen LogP contribution in [-0.2, 0) is 15.8 Å². The second-order valence-electron chi connectivity index (χ2n) is 10.7. The Bertz CT molecular complexity index is 1170. The summed E-state index contributed by atoms with van der Waals surface area (Å²) in [6, 6.07) is 4.64. The van der Waals surface area contributed by atoms with Crippen molar-refractivity contribution < 1.29 is 35.9 Å². The van der Waals surface area contributed by atoms with Crippen LogP contribution < -0.4 is 4.90 Å². The first-order valence-corrected chi connectivity index (χ1v) is 13.9. The molecule has 41 heavy (non-hydrogen) atoms. The molecule has 0 spiro atoms. The summed E-state index contributed by atoms with van der Waals surface area (Å²) in [7, 11) is 0. The first-order chi connectivity index (χ1) is 19.1. The van der Waals surface area contributed by atoms with Gasteiger partial charge in [0.15, 0.2) is 5.11 Å². The van der Waals surface area contributed by atoms with Gasteiger partial charge in [0.1, 0.15) is 5.54 Å². The highest BCUT2D eigenvalue weighted by atomic mass is 32.1. The quantitative estimate of drug-likeness (QED) is 0.204. The zero-order valence-electron chi connectivity index (χ0n) is 22.9. The van der Waals surface area contributed by atoms with Crippen LogP contribution in [0.15, 0.2) is 18.2 Å². The van der Waals surface area contributed by atoms with Gasteiger partial charge >= 0.3 is 18.3 Å². The Hall–Kier alpha value is -2.92. The Balaban J connectivity index is 1.41. The topological polar surface area (TPSA) is 70.9 Å². The summed E-state index contributed by atoms with van der Waals surface area (Å²) in [5.74, 6) is -2.22. The van der Waals surface area contributed by atoms with Gasteiger partial charge in [-0.3, -0.25) is 19.4 Å². The van der Waals surface area contributed by atoms with E-state index in [4.69, 9.17) is 17.5 Å². The van der Waals surface area contributed by atoms with Gasteiger partial charge in [-0.1, -0.05) is 25.7 Å². The third kappa shape index (κ3) is 7.68. The molecule has 2 aliphatic rings. The van der Waals surface area contributed by atoms with E-state index in [1.807, 2.05) is 0 Å². The average molecular weight is 606 g/mol. The van der Waals surface area contributed by atoms with Crippen molar-refractivity contribution in [1.82, 2.24) is 14.7 Å². The van der Waals surface area contributed by atoms with Crippen LogP contribution in [0, 0.1) is 11.3 Å². The van der Waals surface area contributed by atoms with Crippen molar-refractivity contribution in [1.29, 1.82) is 5.26 Å². The van der Waals surface area contributed by atoms with Crippen LogP contribution in [0.2, 0.25) is 0 Å². The zero-order valence-corrected chi connectivity index (χ0v) is 23.8. The van der Waals surface area contributed by atoms with Gasteiger partial charge in [-0.25, -0.2) is 0 Å². The summed E-state index contributed by atoms with van der Waals surface area (Å²) >= 11 is 5.51. The lowest BCUT2D eigenvalue weighted by molar-refractivity contribution is -0.187. The summed E-state index contributed by atoms with van der Waals surface area (Å²) in [6.07, 6.45) is -4.29. The Morgan fingerprint density at radius 1 is 0.951 bits per heavy atom. The molecule has 0 radical (unpaired) electrons. The van der Waals surface area contributed by atoms with E-state index < -0.39 is 40.8 Å². The van der Waals surface area contributed by atoms with Crippen molar-refractivity contribution in [2.24, 2.45) is 0 Å². The van der Waals surface area contributed by atoms with Gasteiger partial charge < -0.3 is 9.80 Å². The second kappa shape index (κ2) is 12.9. The van der Waals surface area contributed by atoms with E-state index in [1.165, 1.54) is 12.1 Å². The molecule has 2 aliphatic heterocycles. The minimum atomic E-state index is -4.84. The summed E-state index contributed by atoms with van der Waals surface area (Å²) in [6.45, 7) is 5.55. The fourth-order valence-corrected chi connectivity index (χ4v) is 5.62. The summed E-state index contributed by atoms with van der Waals surface area (Å²) in [4.78, 5) is 30.2. The van der Waals surface area contributed by atoms with Crippen LogP contribution in [0.25, 0.3) is 0 Å². The number of amides is 2. The molecule has 0 unspecified atom stereocenters. The number of thiocarbonyl (C=S) groups is 1. The van der Waals surface area contributed by atoms with E-state index in [2.05, 4.69) is 4.90 Å². The molecular weight excluding hydrogens is 572 g/mol. The lowest BCUT2D eigenvalue weighted by atomic mass is 10.0. The maximum Gasteiger partial charge on any atom is 0.471 e. The molecule has 0 saturated carbocycles. The SMILES string of the molecule is CC1(C)C(=O)N(c2ccc(C#N)c(C(F)(F)F)c2)C(=S)N1CCCCCCCCN1CCN(C(=O)C(F)(F)F)CC1. The number of halogens is 6. The number of unbranched alkanes of at least 4 members (excludes halogenated alkanes) is 5. The summed E-state index contributed by atoms with van der Waals surface area (Å²) in [5, 5.41) is 9.17. The van der Waals surface area contributed by atoms with Gasteiger partial charge in [-0.15, -0.1) is 0 Å². The van der Waals surface area contributed by atoms with Crippen LogP contribution in [-0.4, -0.2) is 82.6 Å². The number of nitrogens with zero attached hydrogens (tertiary/aromatic N) is 5. The van der Waals surface area contributed by atoms with Crippen LogP contribution in [0.4, 0.5) is 32.0 Å². The second-order valence-corrected chi connectivity index (χ2v) is 11.1. The predicted molar refractivity (Wildman–Crippen MR) is 144 cm³/mol. The van der Waals surface area contributed by atoms with E-state index >= 15 is 0 Å². The fraction of sp³-hybridized carbons (Fsp3) is 0.630. The van der Waals surface area contributed by atoms with Crippen molar-refractivity contribution >= 4 is 34.8 Å². The number of rotatable bonds is 10. The average Bonchev–Trinajstić information content (AvgIpc) is 3.07. The largest absolute Gasteiger partial charge is 0.471 e. The summed E-state index contributed by atoms with van der Waals surface area (Å²) in [5.41, 5.74) is -2.73. The lowest BCUT2D eigenvalue weighted by Crippen LogP contribution is -2.52. The molecule has 7 nitrogen and oxygen atoms in total. The molecule has 0 atom stereocenters. The number of carbonyl (C=O) groups is 2. The van der Waals surface area contributed by atoms with E-state index in [0.717, 1.165) is 67.0 Å². The highest BCUT2D eigenvalue weighted by molar-refractivity contribution is 7.80. The Labute approximate surface area is 240 Å². The number of benzene rings is 1. The van der Waals surface area contributed by atoms with Crippen molar-refractivity contribution in [3.63, 3.8) is 0 Å². The zero-order chi connectivity index (χ0) is 30.6. The predicted octanol–water partition coefficient (Wildman–Crippen LogP) is 5.34. The molecule has 226 valence electrons. The Morgan fingerprint density at radius 3 is 2.05 bits per heavy atom. The smallest absolute Gasteiger partial charge is 0.334 e. The Morgan fingerprint density at radius 2 is 1.51 bits per heavy atom. The number of carbonyl (C=O) groups excluding carboxylic acids is 2. The Kier molecular flexibility index (Phi) is 10.3. The first-order valence-electron chi connectivity index (χ1n) is 13.4. The van der Waals surface area contributed by atoms with Gasteiger partial charge in [-0.2, -0.15) is 31.6 Å². The van der Waals surface area contributed by atoms with E-state index in [9.17, 15) is 35.9 Å². The minimum Gasteiger partial charge on any atom is -0.334 e. The van der Waals surface area contributed by atoms with E-state index in [0.29, 0.717) is 19.6 Å². The molecule has 0 aliphatic carbocycles. The minimum absolute atomic E-state index is 0.0322. The molecule has 2 fully saturated rings. The van der Waals surface area contributed by atoms with Crippen molar-refractivity contribution in [2.45, 2.75) is 70.3 Å². The van der Waals surface area contributed by atoms with Crippen molar-refractivity contribution in [3.8, 4) is 6.07 Å². The molecule has 2 heterocycles. The maximum absolute atomic E-state index is 13.5. The van der Waals surface area contributed by atoms with E-state index in [1.54, 1.807) is 18.7 Å². The van der Waals surface area contributed by atoms with Crippen molar-refractivity contribution in [2.75, 3.05) is 44.2 Å². The van der Waals surface area contributed by atoms with Gasteiger partial charge in [0.2, 0.25) is 0 Å². The molecule has 0 bridgehead atoms. The number of alkyl halides is 6. The van der Waals surface area contributed by atoms with Gasteiger partial charge in [0, 0.05) is 32.7 Å². The number of anilines is 1. The molecule has 14 heteroatoms. The van der Waals surface area contributed by atoms with Gasteiger partial charge in [0.25, 0.3) is 5.91 Å². The maximum atomic E-state index is 13.5. The number of hydrogen-bond donors (Lipinski definition) is 0. The number of nitriles is 1. The summed E-state index contributed by atoms with van der Waals surface area (Å²) < 4.78 is 78.1. The van der Waals surface area contributed by atoms with Crippen LogP contribution in [0.1, 0.15) is 63.5 Å². The van der Waals surface area contributed by atoms with Crippen LogP contribution in [0.3, 0.4) is 0 Å². The monoisotopic (exact) mass is 605 g/mol. The molecule has 2 saturated heterocycles. The number of hydrogen-bond acceptors (Lipinski definition) is 5. The third-order valence-electron chi connectivity index (χ3n) is 7.52. The number of piperazine rings is 1. The van der Waals surface area contributed by atoms with E-state index in [-0.39, 0.29) is 23.9 Å². The standard InChI is InChI=1S/C27H33F6N5O2S/c1-25(2)22(39)38(20-10-9-19(18-34)21(17-20)26(28,29)30)24(41)37(25)12-8-6-4-3-5-7-11-35-13-15-36(16-14-35)23(40)27(31,32)33/h9-10,17H,3-8,11-16H2,1-2H3. The molecule has 2 amide bonds. The fourth-order valence-electron chi connectivity index (χ4n) is 5.11. The molecule has 1 aromatic rings. The molecule has 0 N–H and O–H groups in total. The highest BCUT2D eigenvalue weighted by Crippen LogP contribution is 2.38. The van der Waals surface area contributed by atoms with Crippen LogP contribution in [0.5, 0.6) is 0 Å². The highest BCUT2D eigenvalue weighted by Gasteiger charge is 2.49. The van der Waals surface area contributed by atoms with Gasteiger partial charge in [0.05, 0.1) is 22.9 Å².